The summed E-state index contributed by atoms with van der Waals surface area (Å²) in [5, 5.41) is 6.35. The number of aryl methyl sites for hydroxylation is 1. The van der Waals surface area contributed by atoms with Gasteiger partial charge < -0.3 is 10.6 Å². The summed E-state index contributed by atoms with van der Waals surface area (Å²) < 4.78 is 0. The molecule has 2 N–H and O–H groups in total. The first-order valence-electron chi connectivity index (χ1n) is 8.24. The minimum absolute atomic E-state index is 0.106. The van der Waals surface area contributed by atoms with Crippen molar-refractivity contribution >= 4 is 17.3 Å². The maximum absolute atomic E-state index is 12.6. The average molecular weight is 331 g/mol. The van der Waals surface area contributed by atoms with E-state index in [9.17, 15) is 4.79 Å². The molecular formula is C21H21N3O. The Morgan fingerprint density at radius 1 is 0.920 bits per heavy atom. The molecular weight excluding hydrogens is 310 g/mol. The topological polar surface area (TPSA) is 54.0 Å². The summed E-state index contributed by atoms with van der Waals surface area (Å²) in [5.41, 5.74) is 5.83. The molecule has 25 heavy (non-hydrogen) atoms. The van der Waals surface area contributed by atoms with Crippen LogP contribution in [-0.2, 0) is 6.54 Å². The number of carbonyl (C=O) groups is 1. The number of anilines is 2. The van der Waals surface area contributed by atoms with E-state index in [2.05, 4.69) is 35.5 Å². The van der Waals surface area contributed by atoms with Crippen LogP contribution in [0.25, 0.3) is 0 Å². The van der Waals surface area contributed by atoms with Crippen LogP contribution >= 0.6 is 0 Å². The van der Waals surface area contributed by atoms with Crippen molar-refractivity contribution < 1.29 is 4.79 Å². The summed E-state index contributed by atoms with van der Waals surface area (Å²) in [7, 11) is 0. The van der Waals surface area contributed by atoms with Crippen molar-refractivity contribution in [1.29, 1.82) is 0 Å². The lowest BCUT2D eigenvalue weighted by Crippen LogP contribution is -2.23. The van der Waals surface area contributed by atoms with Crippen LogP contribution in [0.3, 0.4) is 0 Å². The number of rotatable bonds is 5. The van der Waals surface area contributed by atoms with Gasteiger partial charge in [0.2, 0.25) is 0 Å². The average Bonchev–Trinajstić information content (AvgIpc) is 2.65. The predicted molar refractivity (Wildman–Crippen MR) is 101 cm³/mol. The van der Waals surface area contributed by atoms with Gasteiger partial charge in [-0.25, -0.2) is 0 Å². The zero-order valence-corrected chi connectivity index (χ0v) is 14.4. The van der Waals surface area contributed by atoms with Crippen molar-refractivity contribution in [3.63, 3.8) is 0 Å². The van der Waals surface area contributed by atoms with E-state index in [0.29, 0.717) is 12.1 Å². The molecule has 0 bridgehead atoms. The summed E-state index contributed by atoms with van der Waals surface area (Å²) in [4.78, 5) is 16.6. The van der Waals surface area contributed by atoms with Crippen LogP contribution in [0.1, 0.15) is 27.0 Å². The molecule has 4 nitrogen and oxygen atoms in total. The van der Waals surface area contributed by atoms with Crippen molar-refractivity contribution in [1.82, 2.24) is 10.3 Å². The largest absolute Gasteiger partial charge is 0.355 e. The third-order valence-electron chi connectivity index (χ3n) is 4.25. The predicted octanol–water partition coefficient (Wildman–Crippen LogP) is 4.37. The Balaban J connectivity index is 1.78. The van der Waals surface area contributed by atoms with Crippen LogP contribution in [0.5, 0.6) is 0 Å². The summed E-state index contributed by atoms with van der Waals surface area (Å²) >= 11 is 0. The highest BCUT2D eigenvalue weighted by atomic mass is 16.1. The summed E-state index contributed by atoms with van der Waals surface area (Å²) in [5.74, 6) is -0.106. The Kier molecular flexibility index (Phi) is 5.09. The number of aromatic nitrogens is 1. The van der Waals surface area contributed by atoms with E-state index in [-0.39, 0.29) is 5.91 Å². The number of pyridine rings is 1. The monoisotopic (exact) mass is 331 g/mol. The van der Waals surface area contributed by atoms with Crippen molar-refractivity contribution in [2.24, 2.45) is 0 Å². The zero-order chi connectivity index (χ0) is 17.6. The molecule has 4 heteroatoms. The third-order valence-corrected chi connectivity index (χ3v) is 4.25. The fourth-order valence-corrected chi connectivity index (χ4v) is 2.60. The number of carbonyl (C=O) groups excluding carboxylic acids is 1. The van der Waals surface area contributed by atoms with Gasteiger partial charge in [-0.1, -0.05) is 24.3 Å². The zero-order valence-electron chi connectivity index (χ0n) is 14.4. The van der Waals surface area contributed by atoms with Gasteiger partial charge in [-0.05, 0) is 60.9 Å². The smallest absolute Gasteiger partial charge is 0.253 e. The molecule has 0 aliphatic carbocycles. The van der Waals surface area contributed by atoms with Crippen LogP contribution in [-0.4, -0.2) is 10.9 Å². The van der Waals surface area contributed by atoms with Crippen molar-refractivity contribution in [2.75, 3.05) is 5.32 Å². The van der Waals surface area contributed by atoms with Crippen LogP contribution in [0.15, 0.2) is 67.0 Å². The number of nitrogens with zero attached hydrogens (tertiary/aromatic N) is 1. The molecule has 0 unspecified atom stereocenters. The molecule has 3 rings (SSSR count). The number of hydrogen-bond donors (Lipinski definition) is 2. The first-order chi connectivity index (χ1) is 12.1. The SMILES string of the molecule is Cc1cccc(Nc2ccccc2C(=O)NCc2ccncc2)c1C. The molecule has 0 saturated carbocycles. The molecule has 1 aromatic heterocycles. The van der Waals surface area contributed by atoms with Gasteiger partial charge in [0, 0.05) is 24.6 Å². The molecule has 0 fully saturated rings. The minimum atomic E-state index is -0.106. The molecule has 1 heterocycles. The van der Waals surface area contributed by atoms with Crippen molar-refractivity contribution in [2.45, 2.75) is 20.4 Å². The Morgan fingerprint density at radius 3 is 2.44 bits per heavy atom. The first-order valence-corrected chi connectivity index (χ1v) is 8.24. The van der Waals surface area contributed by atoms with Crippen LogP contribution in [0, 0.1) is 13.8 Å². The standard InChI is InChI=1S/C21H21N3O/c1-15-6-5-9-19(16(15)2)24-20-8-4-3-7-18(20)21(25)23-14-17-10-12-22-13-11-17/h3-13,24H,14H2,1-2H3,(H,23,25). The van der Waals surface area contributed by atoms with E-state index in [0.717, 1.165) is 16.9 Å². The van der Waals surface area contributed by atoms with Crippen molar-refractivity contribution in [3.05, 3.63) is 89.2 Å². The quantitative estimate of drug-likeness (QED) is 0.730. The number of nitrogens with one attached hydrogen (secondary N) is 2. The Bertz CT molecular complexity index is 875. The second-order valence-electron chi connectivity index (χ2n) is 5.96. The van der Waals surface area contributed by atoms with Gasteiger partial charge in [-0.15, -0.1) is 0 Å². The van der Waals surface area contributed by atoms with Gasteiger partial charge in [0.1, 0.15) is 0 Å². The Hall–Kier alpha value is -3.14. The number of benzene rings is 2. The number of para-hydroxylation sites is 1. The van der Waals surface area contributed by atoms with Crippen LogP contribution in [0.4, 0.5) is 11.4 Å². The number of hydrogen-bond acceptors (Lipinski definition) is 3. The molecule has 0 radical (unpaired) electrons. The van der Waals surface area contributed by atoms with E-state index < -0.39 is 0 Å². The second-order valence-corrected chi connectivity index (χ2v) is 5.96. The Morgan fingerprint density at radius 2 is 1.64 bits per heavy atom. The fraction of sp³-hybridized carbons (Fsp3) is 0.143. The lowest BCUT2D eigenvalue weighted by atomic mass is 10.1. The molecule has 0 saturated heterocycles. The van der Waals surface area contributed by atoms with Gasteiger partial charge in [0.25, 0.3) is 5.91 Å². The second kappa shape index (κ2) is 7.62. The normalized spacial score (nSPS) is 10.3. The van der Waals surface area contributed by atoms with Crippen molar-refractivity contribution in [3.8, 4) is 0 Å². The van der Waals surface area contributed by atoms with E-state index in [1.807, 2.05) is 48.5 Å². The van der Waals surface area contributed by atoms with Gasteiger partial charge in [-0.3, -0.25) is 9.78 Å². The van der Waals surface area contributed by atoms with Gasteiger partial charge >= 0.3 is 0 Å². The minimum Gasteiger partial charge on any atom is -0.355 e. The van der Waals surface area contributed by atoms with E-state index in [1.54, 1.807) is 12.4 Å². The van der Waals surface area contributed by atoms with E-state index >= 15 is 0 Å². The van der Waals surface area contributed by atoms with E-state index in [1.165, 1.54) is 11.1 Å². The molecule has 1 amide bonds. The van der Waals surface area contributed by atoms with Gasteiger partial charge in [0.05, 0.1) is 11.3 Å². The molecule has 126 valence electrons. The van der Waals surface area contributed by atoms with Gasteiger partial charge in [-0.2, -0.15) is 0 Å². The Labute approximate surface area is 147 Å². The third kappa shape index (κ3) is 4.04. The lowest BCUT2D eigenvalue weighted by molar-refractivity contribution is 0.0951. The highest BCUT2D eigenvalue weighted by Crippen LogP contribution is 2.25. The molecule has 2 aromatic carbocycles. The summed E-state index contributed by atoms with van der Waals surface area (Å²) in [6.45, 7) is 4.62. The molecule has 0 atom stereocenters. The summed E-state index contributed by atoms with van der Waals surface area (Å²) in [6, 6.07) is 17.4. The lowest BCUT2D eigenvalue weighted by Gasteiger charge is -2.15. The maximum atomic E-state index is 12.6. The molecule has 0 aliphatic heterocycles. The van der Waals surface area contributed by atoms with E-state index in [4.69, 9.17) is 0 Å². The highest BCUT2D eigenvalue weighted by molar-refractivity contribution is 6.00. The van der Waals surface area contributed by atoms with Crippen LogP contribution in [0.2, 0.25) is 0 Å². The molecule has 0 aliphatic rings. The van der Waals surface area contributed by atoms with Gasteiger partial charge in [0.15, 0.2) is 0 Å². The fourth-order valence-electron chi connectivity index (χ4n) is 2.60. The maximum Gasteiger partial charge on any atom is 0.253 e. The summed E-state index contributed by atoms with van der Waals surface area (Å²) in [6.07, 6.45) is 3.44. The molecule has 3 aromatic rings. The number of amides is 1. The van der Waals surface area contributed by atoms with Crippen LogP contribution < -0.4 is 10.6 Å². The molecule has 0 spiro atoms. The highest BCUT2D eigenvalue weighted by Gasteiger charge is 2.12. The first kappa shape index (κ1) is 16.7.